The van der Waals surface area contributed by atoms with E-state index in [2.05, 4.69) is 34.3 Å². The second kappa shape index (κ2) is 6.03. The number of hydrogen-bond donors (Lipinski definition) is 0. The van der Waals surface area contributed by atoms with Gasteiger partial charge in [0.2, 0.25) is 0 Å². The van der Waals surface area contributed by atoms with Crippen molar-refractivity contribution >= 4 is 28.6 Å². The summed E-state index contributed by atoms with van der Waals surface area (Å²) in [6.07, 6.45) is 3.69. The van der Waals surface area contributed by atoms with Crippen molar-refractivity contribution in [3.8, 4) is 0 Å². The second-order valence-electron chi connectivity index (χ2n) is 3.73. The van der Waals surface area contributed by atoms with Gasteiger partial charge < -0.3 is 4.90 Å². The van der Waals surface area contributed by atoms with Gasteiger partial charge in [0, 0.05) is 23.5 Å². The van der Waals surface area contributed by atoms with Crippen LogP contribution in [0.2, 0.25) is 0 Å². The number of pyridine rings is 1. The Balaban J connectivity index is 2.22. The fourth-order valence-corrected chi connectivity index (χ4v) is 2.72. The molecule has 0 amide bonds. The number of nitrogens with zero attached hydrogens (tertiary/aromatic N) is 2. The Morgan fingerprint density at radius 1 is 1.41 bits per heavy atom. The van der Waals surface area contributed by atoms with Crippen molar-refractivity contribution in [2.75, 3.05) is 11.4 Å². The van der Waals surface area contributed by atoms with Gasteiger partial charge >= 0.3 is 0 Å². The summed E-state index contributed by atoms with van der Waals surface area (Å²) in [4.78, 5) is 7.85. The van der Waals surface area contributed by atoms with E-state index in [0.29, 0.717) is 5.88 Å². The molecular weight excluding hydrogens is 252 g/mol. The minimum absolute atomic E-state index is 0.527. The maximum Gasteiger partial charge on any atom is 0.0600 e. The van der Waals surface area contributed by atoms with Crippen LogP contribution in [0, 0.1) is 0 Å². The lowest BCUT2D eigenvalue weighted by Gasteiger charge is -2.24. The molecule has 2 aromatic rings. The maximum atomic E-state index is 5.96. The Kier molecular flexibility index (Phi) is 4.40. The second-order valence-corrected chi connectivity index (χ2v) is 5.03. The van der Waals surface area contributed by atoms with E-state index in [9.17, 15) is 0 Å². The molecule has 17 heavy (non-hydrogen) atoms. The Morgan fingerprint density at radius 2 is 2.29 bits per heavy atom. The summed E-state index contributed by atoms with van der Waals surface area (Å²) >= 11 is 7.74. The Morgan fingerprint density at radius 3 is 2.94 bits per heavy atom. The lowest BCUT2D eigenvalue weighted by atomic mass is 10.2. The average molecular weight is 267 g/mol. The van der Waals surface area contributed by atoms with Crippen LogP contribution < -0.4 is 4.90 Å². The molecule has 2 heterocycles. The lowest BCUT2D eigenvalue weighted by molar-refractivity contribution is 0.833. The zero-order valence-corrected chi connectivity index (χ0v) is 11.3. The number of aromatic nitrogens is 1. The Hall–Kier alpha value is -1.06. The summed E-state index contributed by atoms with van der Waals surface area (Å²) in [6, 6.07) is 6.23. The zero-order valence-electron chi connectivity index (χ0n) is 9.77. The average Bonchev–Trinajstić information content (AvgIpc) is 2.89. The first-order valence-electron chi connectivity index (χ1n) is 5.61. The Bertz CT molecular complexity index is 456. The molecule has 0 N–H and O–H groups in total. The topological polar surface area (TPSA) is 16.1 Å². The van der Waals surface area contributed by atoms with E-state index in [-0.39, 0.29) is 0 Å². The van der Waals surface area contributed by atoms with Crippen molar-refractivity contribution < 1.29 is 0 Å². The largest absolute Gasteiger partial charge is 0.365 e. The van der Waals surface area contributed by atoms with Crippen LogP contribution in [0.1, 0.15) is 17.4 Å². The highest BCUT2D eigenvalue weighted by Crippen LogP contribution is 2.23. The third kappa shape index (κ3) is 2.99. The smallest absolute Gasteiger partial charge is 0.0600 e. The van der Waals surface area contributed by atoms with Gasteiger partial charge in [0.15, 0.2) is 0 Å². The highest BCUT2D eigenvalue weighted by Gasteiger charge is 2.10. The molecule has 0 fully saturated rings. The molecule has 2 aromatic heterocycles. The molecule has 0 aliphatic carbocycles. The molecule has 0 saturated heterocycles. The number of hydrogen-bond acceptors (Lipinski definition) is 3. The van der Waals surface area contributed by atoms with E-state index in [1.807, 2.05) is 12.3 Å². The first kappa shape index (κ1) is 12.4. The minimum atomic E-state index is 0.527. The van der Waals surface area contributed by atoms with E-state index < -0.39 is 0 Å². The summed E-state index contributed by atoms with van der Waals surface area (Å²) in [5, 5.41) is 2.11. The van der Waals surface area contributed by atoms with Crippen LogP contribution in [0.4, 0.5) is 5.69 Å². The molecule has 0 aromatic carbocycles. The molecule has 0 atom stereocenters. The predicted octanol–water partition coefficient (Wildman–Crippen LogP) is 3.91. The van der Waals surface area contributed by atoms with E-state index in [0.717, 1.165) is 24.3 Å². The first-order valence-corrected chi connectivity index (χ1v) is 7.02. The number of rotatable bonds is 5. The van der Waals surface area contributed by atoms with Crippen LogP contribution in [0.3, 0.4) is 0 Å². The normalized spacial score (nSPS) is 10.5. The van der Waals surface area contributed by atoms with Crippen molar-refractivity contribution in [1.29, 1.82) is 0 Å². The molecule has 4 heteroatoms. The van der Waals surface area contributed by atoms with Crippen LogP contribution in [-0.4, -0.2) is 11.5 Å². The van der Waals surface area contributed by atoms with Crippen molar-refractivity contribution in [3.05, 3.63) is 46.4 Å². The molecule has 0 spiro atoms. The van der Waals surface area contributed by atoms with E-state index in [4.69, 9.17) is 11.6 Å². The predicted molar refractivity (Wildman–Crippen MR) is 74.8 cm³/mol. The third-order valence-corrected chi connectivity index (χ3v) is 3.83. The monoisotopic (exact) mass is 266 g/mol. The molecule has 2 nitrogen and oxygen atoms in total. The summed E-state index contributed by atoms with van der Waals surface area (Å²) in [5.74, 6) is 0.527. The van der Waals surface area contributed by atoms with Gasteiger partial charge in [-0.3, -0.25) is 4.98 Å². The molecule has 2 rings (SSSR count). The molecular formula is C13H15ClN2S. The van der Waals surface area contributed by atoms with Crippen molar-refractivity contribution in [1.82, 2.24) is 4.98 Å². The molecule has 0 aliphatic heterocycles. The van der Waals surface area contributed by atoms with E-state index in [1.54, 1.807) is 17.5 Å². The number of halogens is 1. The standard InChI is InChI=1S/C13H15ClN2S/c1-2-16(10-12-4-3-7-17-12)13-9-15-6-5-11(13)8-14/h3-7,9H,2,8,10H2,1H3. The van der Waals surface area contributed by atoms with Gasteiger partial charge in [-0.25, -0.2) is 0 Å². The van der Waals surface area contributed by atoms with Crippen molar-refractivity contribution in [3.63, 3.8) is 0 Å². The highest BCUT2D eigenvalue weighted by atomic mass is 35.5. The maximum absolute atomic E-state index is 5.96. The van der Waals surface area contributed by atoms with E-state index >= 15 is 0 Å². The van der Waals surface area contributed by atoms with E-state index in [1.165, 1.54) is 4.88 Å². The van der Waals surface area contributed by atoms with Crippen molar-refractivity contribution in [2.24, 2.45) is 0 Å². The quantitative estimate of drug-likeness (QED) is 0.763. The van der Waals surface area contributed by atoms with Gasteiger partial charge in [0.05, 0.1) is 18.4 Å². The third-order valence-electron chi connectivity index (χ3n) is 2.68. The van der Waals surface area contributed by atoms with Crippen molar-refractivity contribution in [2.45, 2.75) is 19.3 Å². The van der Waals surface area contributed by atoms with Crippen LogP contribution in [0.5, 0.6) is 0 Å². The molecule has 0 unspecified atom stereocenters. The van der Waals surface area contributed by atoms with Gasteiger partial charge in [-0.05, 0) is 30.0 Å². The molecule has 0 bridgehead atoms. The number of thiophene rings is 1. The summed E-state index contributed by atoms with van der Waals surface area (Å²) < 4.78 is 0. The summed E-state index contributed by atoms with van der Waals surface area (Å²) in [6.45, 7) is 4.02. The fraction of sp³-hybridized carbons (Fsp3) is 0.308. The first-order chi connectivity index (χ1) is 8.35. The lowest BCUT2D eigenvalue weighted by Crippen LogP contribution is -2.22. The van der Waals surface area contributed by atoms with Gasteiger partial charge in [0.25, 0.3) is 0 Å². The zero-order chi connectivity index (χ0) is 12.1. The number of anilines is 1. The summed E-state index contributed by atoms with van der Waals surface area (Å²) in [5.41, 5.74) is 2.28. The van der Waals surface area contributed by atoms with Crippen LogP contribution >= 0.6 is 22.9 Å². The van der Waals surface area contributed by atoms with Gasteiger partial charge in [-0.1, -0.05) is 6.07 Å². The van der Waals surface area contributed by atoms with Gasteiger partial charge in [-0.2, -0.15) is 0 Å². The Labute approximate surface area is 111 Å². The summed E-state index contributed by atoms with van der Waals surface area (Å²) in [7, 11) is 0. The van der Waals surface area contributed by atoms with Gasteiger partial charge in [-0.15, -0.1) is 22.9 Å². The molecule has 90 valence electrons. The van der Waals surface area contributed by atoms with Crippen LogP contribution in [0.25, 0.3) is 0 Å². The van der Waals surface area contributed by atoms with Crippen LogP contribution in [0.15, 0.2) is 36.0 Å². The van der Waals surface area contributed by atoms with Crippen LogP contribution in [-0.2, 0) is 12.4 Å². The molecule has 0 saturated carbocycles. The fourth-order valence-electron chi connectivity index (χ4n) is 1.77. The SMILES string of the molecule is CCN(Cc1cccs1)c1cnccc1CCl. The minimum Gasteiger partial charge on any atom is -0.365 e. The highest BCUT2D eigenvalue weighted by molar-refractivity contribution is 7.09. The number of alkyl halides is 1. The molecule has 0 radical (unpaired) electrons. The molecule has 0 aliphatic rings. The van der Waals surface area contributed by atoms with Gasteiger partial charge in [0.1, 0.15) is 0 Å².